The molecule has 2 aliphatic rings. The van der Waals surface area contributed by atoms with Crippen molar-refractivity contribution >= 4 is 40.8 Å². The van der Waals surface area contributed by atoms with Gasteiger partial charge in [-0.05, 0) is 37.6 Å². The minimum atomic E-state index is -3.10. The maximum absolute atomic E-state index is 13.5. The largest absolute Gasteiger partial charge is 0.434 e. The number of amides is 3. The van der Waals surface area contributed by atoms with Crippen molar-refractivity contribution in [1.82, 2.24) is 44.1 Å². The molecule has 3 aromatic heterocycles. The van der Waals surface area contributed by atoms with Crippen LogP contribution in [0.5, 0.6) is 5.75 Å². The molecule has 2 saturated heterocycles. The molecule has 0 saturated carbocycles. The number of carbonyl (C=O) groups excluding carboxylic acids is 3. The van der Waals surface area contributed by atoms with Crippen molar-refractivity contribution in [3.63, 3.8) is 0 Å². The number of hydroxylamine groups is 2. The van der Waals surface area contributed by atoms with Crippen LogP contribution in [0.2, 0.25) is 0 Å². The van der Waals surface area contributed by atoms with E-state index >= 15 is 0 Å². The van der Waals surface area contributed by atoms with E-state index in [1.807, 2.05) is 13.3 Å². The van der Waals surface area contributed by atoms with Crippen LogP contribution in [0.25, 0.3) is 16.9 Å². The molecule has 0 spiro atoms. The molecule has 49 heavy (non-hydrogen) atoms. The number of ether oxygens (including phenoxy) is 1. The second kappa shape index (κ2) is 15.3. The Balaban J connectivity index is 1.16. The van der Waals surface area contributed by atoms with Crippen LogP contribution < -0.4 is 10.1 Å². The zero-order valence-corrected chi connectivity index (χ0v) is 27.8. The number of nitrogens with zero attached hydrogens (tertiary/aromatic N) is 9. The van der Waals surface area contributed by atoms with Crippen LogP contribution in [-0.4, -0.2) is 141 Å². The van der Waals surface area contributed by atoms with Crippen molar-refractivity contribution in [3.05, 3.63) is 54.6 Å². The Hall–Kier alpha value is -4.65. The van der Waals surface area contributed by atoms with E-state index in [2.05, 4.69) is 25.4 Å². The van der Waals surface area contributed by atoms with Crippen molar-refractivity contribution in [2.75, 3.05) is 77.6 Å². The zero-order chi connectivity index (χ0) is 34.5. The van der Waals surface area contributed by atoms with Gasteiger partial charge in [0.05, 0.1) is 11.9 Å². The molecule has 260 valence electrons. The summed E-state index contributed by atoms with van der Waals surface area (Å²) in [6, 6.07) is 6.37. The average molecular weight is 699 g/mol. The number of hydrogen-bond acceptors (Lipinski definition) is 11. The Morgan fingerprint density at radius 1 is 1.02 bits per heavy atom. The van der Waals surface area contributed by atoms with Gasteiger partial charge >= 0.3 is 6.61 Å². The molecule has 4 aromatic rings. The summed E-state index contributed by atoms with van der Waals surface area (Å²) in [6.45, 7) is 1.21. The zero-order valence-electron chi connectivity index (χ0n) is 27.0. The van der Waals surface area contributed by atoms with Gasteiger partial charge in [-0.1, -0.05) is 0 Å². The molecule has 2 aliphatic heterocycles. The van der Waals surface area contributed by atoms with E-state index in [0.717, 1.165) is 18.0 Å². The number of fused-ring (bicyclic) bond motifs is 1. The Morgan fingerprint density at radius 2 is 1.76 bits per heavy atom. The van der Waals surface area contributed by atoms with Gasteiger partial charge in [-0.2, -0.15) is 24.0 Å². The summed E-state index contributed by atoms with van der Waals surface area (Å²) in [5, 5.41) is 13.2. The number of carbonyl (C=O) groups is 3. The van der Waals surface area contributed by atoms with E-state index < -0.39 is 12.5 Å². The predicted molar refractivity (Wildman–Crippen MR) is 175 cm³/mol. The minimum Gasteiger partial charge on any atom is -0.434 e. The monoisotopic (exact) mass is 698 g/mol. The maximum atomic E-state index is 13.5. The summed E-state index contributed by atoms with van der Waals surface area (Å²) in [5.41, 5.74) is 1.03. The third-order valence-electron chi connectivity index (χ3n) is 8.31. The van der Waals surface area contributed by atoms with Crippen molar-refractivity contribution in [2.24, 2.45) is 0 Å². The average Bonchev–Trinajstić information content (AvgIpc) is 3.71. The lowest BCUT2D eigenvalue weighted by Crippen LogP contribution is -2.51. The number of aromatic nitrogens is 5. The predicted octanol–water partition coefficient (Wildman–Crippen LogP) is 2.02. The first kappa shape index (κ1) is 34.2. The third-order valence-corrected chi connectivity index (χ3v) is 9.03. The molecule has 6 rings (SSSR count). The number of piperazine rings is 2. The van der Waals surface area contributed by atoms with E-state index in [1.54, 1.807) is 39.3 Å². The van der Waals surface area contributed by atoms with Crippen molar-refractivity contribution in [3.8, 4) is 17.0 Å². The van der Waals surface area contributed by atoms with Crippen molar-refractivity contribution in [2.45, 2.75) is 18.1 Å². The number of rotatable bonds is 11. The first-order chi connectivity index (χ1) is 23.7. The van der Waals surface area contributed by atoms with Crippen LogP contribution in [0, 0.1) is 0 Å². The number of benzene rings is 1. The topological polar surface area (TPSA) is 143 Å². The summed E-state index contributed by atoms with van der Waals surface area (Å²) in [7, 11) is 2.02. The van der Waals surface area contributed by atoms with Crippen LogP contribution in [0.15, 0.2) is 53.9 Å². The summed E-state index contributed by atoms with van der Waals surface area (Å²) < 4.78 is 34.5. The molecule has 1 aromatic carbocycles. The molecule has 0 atom stereocenters. The molecule has 15 nitrogen and oxygen atoms in total. The number of hydrogen-bond donors (Lipinski definition) is 1. The second-order valence-corrected chi connectivity index (χ2v) is 12.4. The molecule has 0 bridgehead atoms. The van der Waals surface area contributed by atoms with Gasteiger partial charge in [0.2, 0.25) is 5.91 Å². The van der Waals surface area contributed by atoms with Crippen LogP contribution in [0.3, 0.4) is 0 Å². The van der Waals surface area contributed by atoms with Crippen LogP contribution in [0.4, 0.5) is 14.5 Å². The highest BCUT2D eigenvalue weighted by Crippen LogP contribution is 2.38. The first-order valence-electron chi connectivity index (χ1n) is 15.6. The number of thioether (sulfide) groups is 1. The fourth-order valence-corrected chi connectivity index (χ4v) is 6.03. The van der Waals surface area contributed by atoms with Crippen LogP contribution in [0.1, 0.15) is 10.4 Å². The Morgan fingerprint density at radius 3 is 2.49 bits per heavy atom. The highest BCUT2D eigenvalue weighted by atomic mass is 32.2. The Bertz CT molecular complexity index is 1800. The van der Waals surface area contributed by atoms with Gasteiger partial charge in [0.1, 0.15) is 30.2 Å². The van der Waals surface area contributed by atoms with Crippen LogP contribution >= 0.6 is 11.8 Å². The molecule has 0 unspecified atom stereocenters. The number of nitrogens with one attached hydrogen (secondary N) is 1. The molecule has 0 radical (unpaired) electrons. The molecule has 3 amide bonds. The summed E-state index contributed by atoms with van der Waals surface area (Å²) in [4.78, 5) is 55.8. The van der Waals surface area contributed by atoms with Gasteiger partial charge in [-0.15, -0.1) is 11.8 Å². The highest BCUT2D eigenvalue weighted by molar-refractivity contribution is 7.98. The van der Waals surface area contributed by atoms with Crippen molar-refractivity contribution < 1.29 is 32.7 Å². The SMILES string of the molecule is CSc1ccc(OC(F)F)c(-c2nn(CC(=O)N3CCN(OCC(=O)N4CCN(C)CC4)CC3)cc2NC(=O)c2cnn3cccnc23)c1. The van der Waals surface area contributed by atoms with E-state index in [1.165, 1.54) is 45.6 Å². The van der Waals surface area contributed by atoms with E-state index in [9.17, 15) is 23.2 Å². The number of alkyl halides is 2. The molecule has 2 fully saturated rings. The van der Waals surface area contributed by atoms with Gasteiger partial charge in [0, 0.05) is 81.4 Å². The lowest BCUT2D eigenvalue weighted by Gasteiger charge is -2.35. The van der Waals surface area contributed by atoms with Gasteiger partial charge < -0.3 is 24.8 Å². The molecule has 0 aliphatic carbocycles. The Kier molecular flexibility index (Phi) is 10.7. The number of likely N-dealkylation sites (N-methyl/N-ethyl adjacent to an activating group) is 1. The van der Waals surface area contributed by atoms with E-state index in [0.29, 0.717) is 44.9 Å². The third kappa shape index (κ3) is 8.15. The van der Waals surface area contributed by atoms with Gasteiger partial charge in [0.15, 0.2) is 5.65 Å². The number of halogens is 2. The standard InChI is InChI=1S/C31H36F2N10O5S/c1-38-8-10-40(11-9-38)27(45)20-47-42-14-12-39(13-15-42)26(44)19-41-18-24(36-30(46)23-17-35-43-7-3-6-34-29(23)43)28(37-41)22-16-21(49-2)4-5-25(22)48-31(32)33/h3-7,16-18,31H,8-15,19-20H2,1-2H3,(H,36,46). The lowest BCUT2D eigenvalue weighted by atomic mass is 10.1. The smallest absolute Gasteiger partial charge is 0.387 e. The van der Waals surface area contributed by atoms with Gasteiger partial charge in [-0.25, -0.2) is 9.50 Å². The Labute approximate surface area is 284 Å². The quantitative estimate of drug-likeness (QED) is 0.230. The lowest BCUT2D eigenvalue weighted by molar-refractivity contribution is -0.190. The molecular weight excluding hydrogens is 662 g/mol. The van der Waals surface area contributed by atoms with E-state index in [-0.39, 0.29) is 53.2 Å². The van der Waals surface area contributed by atoms with Gasteiger partial charge in [0.25, 0.3) is 11.8 Å². The molecular formula is C31H36F2N10O5S. The highest BCUT2D eigenvalue weighted by Gasteiger charge is 2.27. The van der Waals surface area contributed by atoms with Crippen molar-refractivity contribution in [1.29, 1.82) is 0 Å². The normalized spacial score (nSPS) is 16.0. The molecule has 18 heteroatoms. The van der Waals surface area contributed by atoms with Gasteiger partial charge in [-0.3, -0.25) is 23.9 Å². The maximum Gasteiger partial charge on any atom is 0.387 e. The summed E-state index contributed by atoms with van der Waals surface area (Å²) >= 11 is 1.39. The van der Waals surface area contributed by atoms with Crippen LogP contribution in [-0.2, 0) is 21.0 Å². The molecule has 1 N–H and O–H groups in total. The number of anilines is 1. The summed E-state index contributed by atoms with van der Waals surface area (Å²) in [5.74, 6) is -0.999. The van der Waals surface area contributed by atoms with E-state index in [4.69, 9.17) is 9.57 Å². The fourth-order valence-electron chi connectivity index (χ4n) is 5.59. The minimum absolute atomic E-state index is 0.0530. The first-order valence-corrected chi connectivity index (χ1v) is 16.8. The second-order valence-electron chi connectivity index (χ2n) is 11.5. The summed E-state index contributed by atoms with van der Waals surface area (Å²) in [6.07, 6.45) is 7.87. The fraction of sp³-hybridized carbons (Fsp3) is 0.419. The molecule has 5 heterocycles.